The summed E-state index contributed by atoms with van der Waals surface area (Å²) < 4.78 is 15.4. The van der Waals surface area contributed by atoms with E-state index in [1.165, 1.54) is 12.1 Å². The molecule has 1 atom stereocenters. The molecule has 0 saturated carbocycles. The van der Waals surface area contributed by atoms with Crippen molar-refractivity contribution in [1.82, 2.24) is 14.8 Å². The smallest absolute Gasteiger partial charge is 0.255 e. The number of benzene rings is 3. The Morgan fingerprint density at radius 2 is 1.67 bits per heavy atom. The molecule has 1 unspecified atom stereocenters. The Morgan fingerprint density at radius 1 is 0.970 bits per heavy atom. The molecule has 0 aliphatic carbocycles. The number of nitrogens with zero attached hydrogens (tertiary/aromatic N) is 3. The number of carbonyl (C=O) groups is 1. The van der Waals surface area contributed by atoms with E-state index in [9.17, 15) is 9.18 Å². The summed E-state index contributed by atoms with van der Waals surface area (Å²) in [6, 6.07) is 22.7. The second-order valence-electron chi connectivity index (χ2n) is 7.96. The molecule has 1 aromatic heterocycles. The zero-order valence-electron chi connectivity index (χ0n) is 18.2. The summed E-state index contributed by atoms with van der Waals surface area (Å²) in [5.74, 6) is 0.471. The molecule has 1 aliphatic rings. The average Bonchev–Trinajstić information content (AvgIpc) is 3.23. The normalized spacial score (nSPS) is 15.1. The first-order valence-electron chi connectivity index (χ1n) is 10.6. The van der Waals surface area contributed by atoms with Gasteiger partial charge < -0.3 is 10.6 Å². The van der Waals surface area contributed by atoms with Crippen molar-refractivity contribution in [2.24, 2.45) is 0 Å². The number of allylic oxidation sites excluding steroid dienone is 1. The third-order valence-electron chi connectivity index (χ3n) is 5.70. The molecular formula is C26H22FN5O. The standard InChI is InChI=1S/C26H22FN5O/c1-16-8-6-7-11-21(16)24-30-26-28-17(2)22(25(33)29-20-9-4-3-5-10-20)23(32(26)31-24)18-12-14-19(27)15-13-18/h3-15,23H,1-2H3,(H,29,33)(H,28,30,31). The molecule has 164 valence electrons. The van der Waals surface area contributed by atoms with E-state index in [2.05, 4.69) is 10.6 Å². The van der Waals surface area contributed by atoms with Crippen molar-refractivity contribution < 1.29 is 9.18 Å². The van der Waals surface area contributed by atoms with E-state index in [0.29, 0.717) is 28.7 Å². The van der Waals surface area contributed by atoms with Crippen LogP contribution in [-0.2, 0) is 4.79 Å². The first-order chi connectivity index (χ1) is 16.0. The van der Waals surface area contributed by atoms with Crippen LogP contribution in [0.15, 0.2) is 90.1 Å². The molecule has 0 spiro atoms. The zero-order chi connectivity index (χ0) is 22.9. The van der Waals surface area contributed by atoms with Crippen molar-refractivity contribution in [3.63, 3.8) is 0 Å². The summed E-state index contributed by atoms with van der Waals surface area (Å²) in [4.78, 5) is 18.1. The zero-order valence-corrected chi connectivity index (χ0v) is 18.2. The van der Waals surface area contributed by atoms with E-state index >= 15 is 0 Å². The molecular weight excluding hydrogens is 417 g/mol. The molecule has 0 fully saturated rings. The molecule has 2 heterocycles. The van der Waals surface area contributed by atoms with Crippen molar-refractivity contribution in [2.45, 2.75) is 19.9 Å². The Balaban J connectivity index is 1.62. The maximum Gasteiger partial charge on any atom is 0.255 e. The number of amides is 1. The van der Waals surface area contributed by atoms with E-state index in [-0.39, 0.29) is 11.7 Å². The molecule has 0 radical (unpaired) electrons. The lowest BCUT2D eigenvalue weighted by Crippen LogP contribution is -2.31. The number of hydrogen-bond donors (Lipinski definition) is 2. The van der Waals surface area contributed by atoms with Gasteiger partial charge in [-0.1, -0.05) is 54.6 Å². The molecule has 5 rings (SSSR count). The van der Waals surface area contributed by atoms with Crippen molar-refractivity contribution in [3.05, 3.63) is 107 Å². The summed E-state index contributed by atoms with van der Waals surface area (Å²) in [7, 11) is 0. The van der Waals surface area contributed by atoms with Gasteiger partial charge in [-0.15, -0.1) is 5.10 Å². The molecule has 2 N–H and O–H groups in total. The summed E-state index contributed by atoms with van der Waals surface area (Å²) in [5, 5.41) is 11.0. The van der Waals surface area contributed by atoms with Gasteiger partial charge in [-0.2, -0.15) is 4.98 Å². The van der Waals surface area contributed by atoms with E-state index in [4.69, 9.17) is 10.1 Å². The molecule has 7 heteroatoms. The number of fused-ring (bicyclic) bond motifs is 1. The maximum absolute atomic E-state index is 13.7. The topological polar surface area (TPSA) is 71.8 Å². The summed E-state index contributed by atoms with van der Waals surface area (Å²) in [6.07, 6.45) is 0. The minimum Gasteiger partial charge on any atom is -0.328 e. The maximum atomic E-state index is 13.7. The van der Waals surface area contributed by atoms with E-state index in [0.717, 1.165) is 16.7 Å². The van der Waals surface area contributed by atoms with Crippen LogP contribution >= 0.6 is 0 Å². The van der Waals surface area contributed by atoms with Gasteiger partial charge in [0.1, 0.15) is 11.9 Å². The average molecular weight is 439 g/mol. The fourth-order valence-electron chi connectivity index (χ4n) is 4.06. The van der Waals surface area contributed by atoms with Gasteiger partial charge in [0.05, 0.1) is 5.57 Å². The van der Waals surface area contributed by atoms with Crippen molar-refractivity contribution in [1.29, 1.82) is 0 Å². The van der Waals surface area contributed by atoms with Crippen LogP contribution in [0.5, 0.6) is 0 Å². The largest absolute Gasteiger partial charge is 0.328 e. The van der Waals surface area contributed by atoms with Crippen LogP contribution < -0.4 is 10.6 Å². The molecule has 1 aliphatic heterocycles. The Labute approximate surface area is 190 Å². The van der Waals surface area contributed by atoms with Crippen LogP contribution in [0, 0.1) is 12.7 Å². The van der Waals surface area contributed by atoms with Gasteiger partial charge >= 0.3 is 0 Å². The quantitative estimate of drug-likeness (QED) is 0.451. The Kier molecular flexibility index (Phi) is 5.22. The van der Waals surface area contributed by atoms with Crippen LogP contribution in [0.2, 0.25) is 0 Å². The van der Waals surface area contributed by atoms with Gasteiger partial charge in [0.2, 0.25) is 5.95 Å². The van der Waals surface area contributed by atoms with Crippen LogP contribution in [-0.4, -0.2) is 20.7 Å². The summed E-state index contributed by atoms with van der Waals surface area (Å²) in [5.41, 5.74) is 4.52. The Hall–Kier alpha value is -4.26. The summed E-state index contributed by atoms with van der Waals surface area (Å²) >= 11 is 0. The van der Waals surface area contributed by atoms with Crippen LogP contribution in [0.4, 0.5) is 16.0 Å². The van der Waals surface area contributed by atoms with Crippen LogP contribution in [0.3, 0.4) is 0 Å². The van der Waals surface area contributed by atoms with E-state index in [1.807, 2.05) is 68.4 Å². The van der Waals surface area contributed by atoms with E-state index < -0.39 is 6.04 Å². The molecule has 3 aromatic carbocycles. The van der Waals surface area contributed by atoms with Gasteiger partial charge in [-0.25, -0.2) is 9.07 Å². The number of aromatic nitrogens is 3. The number of halogens is 1. The highest BCUT2D eigenvalue weighted by Gasteiger charge is 2.34. The SMILES string of the molecule is CC1=C(C(=O)Nc2ccccc2)C(c2ccc(F)cc2)n2nc(-c3ccccc3C)nc2N1. The lowest BCUT2D eigenvalue weighted by Gasteiger charge is -2.28. The highest BCUT2D eigenvalue weighted by Crippen LogP contribution is 2.37. The second-order valence-corrected chi connectivity index (χ2v) is 7.96. The fourth-order valence-corrected chi connectivity index (χ4v) is 4.06. The number of carbonyl (C=O) groups excluding carboxylic acids is 1. The van der Waals surface area contributed by atoms with Crippen molar-refractivity contribution >= 4 is 17.5 Å². The highest BCUT2D eigenvalue weighted by atomic mass is 19.1. The molecule has 1 amide bonds. The number of rotatable bonds is 4. The molecule has 0 bridgehead atoms. The van der Waals surface area contributed by atoms with Crippen molar-refractivity contribution in [2.75, 3.05) is 10.6 Å². The highest BCUT2D eigenvalue weighted by molar-refractivity contribution is 6.06. The second kappa shape index (κ2) is 8.35. The van der Waals surface area contributed by atoms with Crippen LogP contribution in [0.25, 0.3) is 11.4 Å². The van der Waals surface area contributed by atoms with Crippen molar-refractivity contribution in [3.8, 4) is 11.4 Å². The lowest BCUT2D eigenvalue weighted by molar-refractivity contribution is -0.113. The monoisotopic (exact) mass is 439 g/mol. The number of anilines is 2. The number of para-hydroxylation sites is 1. The van der Waals surface area contributed by atoms with E-state index in [1.54, 1.807) is 16.8 Å². The Morgan fingerprint density at radius 3 is 2.39 bits per heavy atom. The van der Waals surface area contributed by atoms with Gasteiger partial charge in [-0.3, -0.25) is 4.79 Å². The van der Waals surface area contributed by atoms with Gasteiger partial charge in [0, 0.05) is 16.9 Å². The van der Waals surface area contributed by atoms with Crippen LogP contribution in [0.1, 0.15) is 24.1 Å². The number of nitrogens with one attached hydrogen (secondary N) is 2. The molecule has 0 saturated heterocycles. The minimum atomic E-state index is -0.573. The number of hydrogen-bond acceptors (Lipinski definition) is 4. The molecule has 4 aromatic rings. The molecule has 33 heavy (non-hydrogen) atoms. The third kappa shape index (κ3) is 3.89. The minimum absolute atomic E-state index is 0.265. The van der Waals surface area contributed by atoms with Gasteiger partial charge in [0.25, 0.3) is 5.91 Å². The molecule has 6 nitrogen and oxygen atoms in total. The predicted octanol–water partition coefficient (Wildman–Crippen LogP) is 5.32. The fraction of sp³-hybridized carbons (Fsp3) is 0.115. The summed E-state index contributed by atoms with van der Waals surface area (Å²) in [6.45, 7) is 3.84. The first kappa shape index (κ1) is 20.6. The predicted molar refractivity (Wildman–Crippen MR) is 126 cm³/mol. The Bertz CT molecular complexity index is 1360. The van der Waals surface area contributed by atoms with Gasteiger partial charge in [0.15, 0.2) is 5.82 Å². The number of aryl methyl sites for hydroxylation is 1. The lowest BCUT2D eigenvalue weighted by atomic mass is 9.95. The first-order valence-corrected chi connectivity index (χ1v) is 10.6. The van der Waals surface area contributed by atoms with Gasteiger partial charge in [-0.05, 0) is 49.2 Å². The third-order valence-corrected chi connectivity index (χ3v) is 5.70.